The molecule has 0 aromatic carbocycles. The van der Waals surface area contributed by atoms with Crippen molar-refractivity contribution >= 4 is 33.9 Å². The van der Waals surface area contributed by atoms with E-state index in [1.807, 2.05) is 0 Å². The molecule has 1 rings (SSSR count). The molecule has 0 saturated carbocycles. The van der Waals surface area contributed by atoms with Crippen LogP contribution < -0.4 is 0 Å². The number of carbonyl (C=O) groups is 4. The summed E-state index contributed by atoms with van der Waals surface area (Å²) >= 11 is 0. The van der Waals surface area contributed by atoms with Crippen LogP contribution in [-0.4, -0.2) is 52.1 Å². The van der Waals surface area contributed by atoms with Gasteiger partial charge in [0.05, 0.1) is 6.42 Å². The molecule has 0 aliphatic carbocycles. The van der Waals surface area contributed by atoms with E-state index in [2.05, 4.69) is 4.84 Å². The minimum Gasteiger partial charge on any atom is -0.481 e. The van der Waals surface area contributed by atoms with Crippen LogP contribution in [0.5, 0.6) is 0 Å². The SMILES string of the molecule is O=C(O)CCCC(=O)ON1C(=O)CC(S(=O)(=O)O)C1=O. The molecular formula is C9H11NO9S. The molecule has 0 aromatic heterocycles. The monoisotopic (exact) mass is 309 g/mol. The number of hydrogen-bond acceptors (Lipinski definition) is 7. The third-order valence-electron chi connectivity index (χ3n) is 2.39. The van der Waals surface area contributed by atoms with Gasteiger partial charge in [-0.05, 0) is 6.42 Å². The van der Waals surface area contributed by atoms with Crippen molar-refractivity contribution in [3.05, 3.63) is 0 Å². The summed E-state index contributed by atoms with van der Waals surface area (Å²) < 4.78 is 30.4. The van der Waals surface area contributed by atoms with Crippen LogP contribution in [0.2, 0.25) is 0 Å². The molecule has 1 saturated heterocycles. The molecule has 2 N–H and O–H groups in total. The summed E-state index contributed by atoms with van der Waals surface area (Å²) in [5.74, 6) is -4.62. The number of carboxylic acids is 1. The minimum atomic E-state index is -4.76. The summed E-state index contributed by atoms with van der Waals surface area (Å²) in [5.41, 5.74) is 0. The van der Waals surface area contributed by atoms with Gasteiger partial charge in [0, 0.05) is 12.8 Å². The second-order valence-electron chi connectivity index (χ2n) is 3.94. The lowest BCUT2D eigenvalue weighted by Gasteiger charge is -2.12. The average molecular weight is 309 g/mol. The van der Waals surface area contributed by atoms with Crippen molar-refractivity contribution in [3.63, 3.8) is 0 Å². The van der Waals surface area contributed by atoms with Gasteiger partial charge in [-0.15, -0.1) is 5.06 Å². The van der Waals surface area contributed by atoms with Gasteiger partial charge in [-0.25, -0.2) is 4.79 Å². The Balaban J connectivity index is 2.60. The first-order valence-corrected chi connectivity index (χ1v) is 6.89. The maximum Gasteiger partial charge on any atom is 0.333 e. The third kappa shape index (κ3) is 3.99. The molecule has 0 radical (unpaired) electrons. The first kappa shape index (κ1) is 16.0. The summed E-state index contributed by atoms with van der Waals surface area (Å²) in [5, 5.41) is 6.34. The largest absolute Gasteiger partial charge is 0.481 e. The Kier molecular flexibility index (Phi) is 4.78. The lowest BCUT2D eigenvalue weighted by atomic mass is 10.2. The summed E-state index contributed by atoms with van der Waals surface area (Å²) in [4.78, 5) is 48.6. The second-order valence-corrected chi connectivity index (χ2v) is 5.54. The highest BCUT2D eigenvalue weighted by Crippen LogP contribution is 2.20. The normalized spacial score (nSPS) is 19.2. The van der Waals surface area contributed by atoms with Crippen LogP contribution in [0.25, 0.3) is 0 Å². The molecule has 11 heteroatoms. The molecule has 112 valence electrons. The molecule has 1 aliphatic heterocycles. The Morgan fingerprint density at radius 3 is 2.35 bits per heavy atom. The number of hydrogen-bond donors (Lipinski definition) is 2. The van der Waals surface area contributed by atoms with Crippen LogP contribution in [-0.2, 0) is 34.1 Å². The summed E-state index contributed by atoms with van der Waals surface area (Å²) in [6.07, 6.45) is -1.54. The van der Waals surface area contributed by atoms with Crippen molar-refractivity contribution in [3.8, 4) is 0 Å². The van der Waals surface area contributed by atoms with E-state index in [4.69, 9.17) is 9.66 Å². The average Bonchev–Trinajstić information content (AvgIpc) is 2.56. The van der Waals surface area contributed by atoms with Crippen molar-refractivity contribution in [1.82, 2.24) is 5.06 Å². The maximum absolute atomic E-state index is 11.5. The maximum atomic E-state index is 11.5. The first-order chi connectivity index (χ1) is 9.12. The molecule has 2 amide bonds. The number of carboxylic acid groups (broad SMARTS) is 1. The van der Waals surface area contributed by atoms with Gasteiger partial charge in [-0.1, -0.05) is 0 Å². The lowest BCUT2D eigenvalue weighted by Crippen LogP contribution is -2.36. The Labute approximate surface area is 113 Å². The Morgan fingerprint density at radius 1 is 1.30 bits per heavy atom. The lowest BCUT2D eigenvalue weighted by molar-refractivity contribution is -0.197. The molecule has 0 spiro atoms. The zero-order valence-corrected chi connectivity index (χ0v) is 10.8. The standard InChI is InChI=1S/C9H11NO9S/c11-6-4-5(20(16,17)18)9(15)10(6)19-8(14)3-1-2-7(12)13/h5H,1-4H2,(H,12,13)(H,16,17,18). The van der Waals surface area contributed by atoms with E-state index in [-0.39, 0.29) is 24.3 Å². The van der Waals surface area contributed by atoms with Crippen molar-refractivity contribution < 1.29 is 42.1 Å². The van der Waals surface area contributed by atoms with Crippen molar-refractivity contribution in [2.45, 2.75) is 30.9 Å². The van der Waals surface area contributed by atoms with Crippen molar-refractivity contribution in [2.75, 3.05) is 0 Å². The number of imide groups is 1. The van der Waals surface area contributed by atoms with E-state index in [0.717, 1.165) is 0 Å². The van der Waals surface area contributed by atoms with Crippen LogP contribution in [0, 0.1) is 0 Å². The Hall–Kier alpha value is -2.01. The van der Waals surface area contributed by atoms with Gasteiger partial charge >= 0.3 is 11.9 Å². The van der Waals surface area contributed by atoms with Crippen LogP contribution in [0.3, 0.4) is 0 Å². The highest BCUT2D eigenvalue weighted by molar-refractivity contribution is 7.87. The van der Waals surface area contributed by atoms with Crippen LogP contribution in [0.1, 0.15) is 25.7 Å². The first-order valence-electron chi connectivity index (χ1n) is 5.38. The van der Waals surface area contributed by atoms with E-state index in [1.54, 1.807) is 0 Å². The van der Waals surface area contributed by atoms with E-state index < -0.39 is 45.5 Å². The number of hydroxylamine groups is 2. The summed E-state index contributed by atoms with van der Waals surface area (Å²) in [6.45, 7) is 0. The zero-order valence-electron chi connectivity index (χ0n) is 10.0. The van der Waals surface area contributed by atoms with E-state index >= 15 is 0 Å². The molecule has 1 aliphatic rings. The molecule has 0 aromatic rings. The molecule has 1 fully saturated rings. The van der Waals surface area contributed by atoms with Gasteiger partial charge < -0.3 is 9.94 Å². The molecule has 1 heterocycles. The van der Waals surface area contributed by atoms with Gasteiger partial charge in [-0.2, -0.15) is 8.42 Å². The van der Waals surface area contributed by atoms with Gasteiger partial charge in [0.2, 0.25) is 0 Å². The second kappa shape index (κ2) is 5.96. The van der Waals surface area contributed by atoms with Gasteiger partial charge in [0.1, 0.15) is 0 Å². The zero-order chi connectivity index (χ0) is 15.5. The summed E-state index contributed by atoms with van der Waals surface area (Å²) in [7, 11) is -4.76. The molecule has 1 unspecified atom stereocenters. The molecular weight excluding hydrogens is 298 g/mol. The van der Waals surface area contributed by atoms with Gasteiger partial charge in [0.25, 0.3) is 21.9 Å². The van der Waals surface area contributed by atoms with Crippen LogP contribution >= 0.6 is 0 Å². The fourth-order valence-electron chi connectivity index (χ4n) is 1.44. The topological polar surface area (TPSA) is 155 Å². The molecule has 10 nitrogen and oxygen atoms in total. The van der Waals surface area contributed by atoms with E-state index in [9.17, 15) is 27.6 Å². The summed E-state index contributed by atoms with van der Waals surface area (Å²) in [6, 6.07) is 0. The van der Waals surface area contributed by atoms with Gasteiger partial charge in [0.15, 0.2) is 5.25 Å². The van der Waals surface area contributed by atoms with Crippen molar-refractivity contribution in [2.24, 2.45) is 0 Å². The van der Waals surface area contributed by atoms with Crippen LogP contribution in [0.4, 0.5) is 0 Å². The highest BCUT2D eigenvalue weighted by Gasteiger charge is 2.48. The number of nitrogens with zero attached hydrogens (tertiary/aromatic N) is 1. The number of carbonyl (C=O) groups excluding carboxylic acids is 3. The smallest absolute Gasteiger partial charge is 0.333 e. The Bertz CT molecular complexity index is 552. The highest BCUT2D eigenvalue weighted by atomic mass is 32.2. The Morgan fingerprint density at radius 2 is 1.90 bits per heavy atom. The van der Waals surface area contributed by atoms with Crippen LogP contribution in [0.15, 0.2) is 0 Å². The van der Waals surface area contributed by atoms with Gasteiger partial charge in [-0.3, -0.25) is 18.9 Å². The number of amides is 2. The van der Waals surface area contributed by atoms with Crippen molar-refractivity contribution in [1.29, 1.82) is 0 Å². The minimum absolute atomic E-state index is 0.0263. The fraction of sp³-hybridized carbons (Fsp3) is 0.556. The molecule has 0 bridgehead atoms. The number of rotatable bonds is 6. The molecule has 1 atom stereocenters. The quantitative estimate of drug-likeness (QED) is 0.450. The van der Waals surface area contributed by atoms with E-state index in [0.29, 0.717) is 0 Å². The third-order valence-corrected chi connectivity index (χ3v) is 3.47. The fourth-order valence-corrected chi connectivity index (χ4v) is 2.15. The predicted octanol–water partition coefficient (Wildman–Crippen LogP) is -1.29. The number of aliphatic carboxylic acids is 1. The van der Waals surface area contributed by atoms with E-state index in [1.165, 1.54) is 0 Å². The molecule has 20 heavy (non-hydrogen) atoms. The predicted molar refractivity (Wildman–Crippen MR) is 59.4 cm³/mol.